The van der Waals surface area contributed by atoms with Crippen molar-refractivity contribution in [2.75, 3.05) is 29.9 Å². The minimum absolute atomic E-state index is 0.00103. The van der Waals surface area contributed by atoms with Gasteiger partial charge in [0.25, 0.3) is 0 Å². The Kier molecular flexibility index (Phi) is 6.06. The second-order valence-corrected chi connectivity index (χ2v) is 8.42. The number of benzene rings is 2. The Labute approximate surface area is 174 Å². The third kappa shape index (κ3) is 4.26. The molecule has 0 aliphatic carbocycles. The number of rotatable bonds is 6. The summed E-state index contributed by atoms with van der Waals surface area (Å²) in [6.45, 7) is 5.48. The zero-order valence-electron chi connectivity index (χ0n) is 16.6. The fourth-order valence-electron chi connectivity index (χ4n) is 3.84. The lowest BCUT2D eigenvalue weighted by Gasteiger charge is -2.27. The number of nitrogens with one attached hydrogen (secondary N) is 1. The lowest BCUT2D eigenvalue weighted by molar-refractivity contribution is -0.116. The van der Waals surface area contributed by atoms with E-state index in [0.29, 0.717) is 6.54 Å². The third-order valence-electron chi connectivity index (χ3n) is 5.33. The summed E-state index contributed by atoms with van der Waals surface area (Å²) in [5, 5.41) is 3.03. The minimum Gasteiger partial charge on any atom is -0.324 e. The van der Waals surface area contributed by atoms with Gasteiger partial charge in [-0.2, -0.15) is 11.8 Å². The number of hydrogen-bond acceptors (Lipinski definition) is 4. The van der Waals surface area contributed by atoms with Crippen molar-refractivity contribution in [1.29, 1.82) is 0 Å². The summed E-state index contributed by atoms with van der Waals surface area (Å²) < 4.78 is 3.25. The highest BCUT2D eigenvalue weighted by atomic mass is 32.2. The average molecular weight is 411 g/mol. The lowest BCUT2D eigenvalue weighted by Crippen LogP contribution is -2.32. The van der Waals surface area contributed by atoms with E-state index in [2.05, 4.69) is 16.3 Å². The second kappa shape index (κ2) is 8.88. The molecule has 1 fully saturated rings. The SMILES string of the molecule is CCn1c(=O)n(CC(=O)Nc2ccccc2CN2CCSCC2)c2ccccc21. The monoisotopic (exact) mass is 410 g/mol. The van der Waals surface area contributed by atoms with Gasteiger partial charge in [-0.05, 0) is 30.7 Å². The molecule has 1 aliphatic rings. The number of aryl methyl sites for hydroxylation is 1. The van der Waals surface area contributed by atoms with Gasteiger partial charge in [-0.3, -0.25) is 18.8 Å². The van der Waals surface area contributed by atoms with Gasteiger partial charge < -0.3 is 5.32 Å². The van der Waals surface area contributed by atoms with E-state index in [-0.39, 0.29) is 18.1 Å². The van der Waals surface area contributed by atoms with Crippen LogP contribution in [0, 0.1) is 0 Å². The van der Waals surface area contributed by atoms with E-state index >= 15 is 0 Å². The molecule has 0 unspecified atom stereocenters. The van der Waals surface area contributed by atoms with Gasteiger partial charge in [0.05, 0.1) is 11.0 Å². The molecule has 152 valence electrons. The lowest BCUT2D eigenvalue weighted by atomic mass is 10.1. The van der Waals surface area contributed by atoms with Crippen molar-refractivity contribution in [2.45, 2.75) is 26.6 Å². The Morgan fingerprint density at radius 1 is 1.00 bits per heavy atom. The summed E-state index contributed by atoms with van der Waals surface area (Å²) in [7, 11) is 0. The standard InChI is InChI=1S/C22H26N4O2S/c1-2-25-19-9-5-6-10-20(19)26(22(25)28)16-21(27)23-18-8-4-3-7-17(18)15-24-11-13-29-14-12-24/h3-10H,2,11-16H2,1H3,(H,23,27). The summed E-state index contributed by atoms with van der Waals surface area (Å²) in [5.41, 5.74) is 3.42. The number of nitrogens with zero attached hydrogens (tertiary/aromatic N) is 3. The zero-order valence-corrected chi connectivity index (χ0v) is 17.5. The number of amides is 1. The average Bonchev–Trinajstić information content (AvgIpc) is 3.01. The molecular weight excluding hydrogens is 384 g/mol. The molecule has 2 aromatic carbocycles. The van der Waals surface area contributed by atoms with Crippen molar-refractivity contribution in [2.24, 2.45) is 0 Å². The first-order chi connectivity index (χ1) is 14.2. The molecule has 29 heavy (non-hydrogen) atoms. The maximum atomic E-state index is 12.8. The highest BCUT2D eigenvalue weighted by Crippen LogP contribution is 2.20. The molecule has 1 N–H and O–H groups in total. The fraction of sp³-hybridized carbons (Fsp3) is 0.364. The van der Waals surface area contributed by atoms with Crippen LogP contribution >= 0.6 is 11.8 Å². The van der Waals surface area contributed by atoms with Crippen molar-refractivity contribution in [3.63, 3.8) is 0 Å². The summed E-state index contributed by atoms with van der Waals surface area (Å²) >= 11 is 1.99. The second-order valence-electron chi connectivity index (χ2n) is 7.20. The number of hydrogen-bond donors (Lipinski definition) is 1. The first kappa shape index (κ1) is 19.8. The van der Waals surface area contributed by atoms with E-state index < -0.39 is 0 Å². The first-order valence-electron chi connectivity index (χ1n) is 10.0. The van der Waals surface area contributed by atoms with Crippen LogP contribution in [0.15, 0.2) is 53.3 Å². The highest BCUT2D eigenvalue weighted by molar-refractivity contribution is 7.99. The highest BCUT2D eigenvalue weighted by Gasteiger charge is 2.16. The van der Waals surface area contributed by atoms with Crippen LogP contribution in [0.1, 0.15) is 12.5 Å². The van der Waals surface area contributed by atoms with Crippen LogP contribution in [0.5, 0.6) is 0 Å². The topological polar surface area (TPSA) is 59.3 Å². The van der Waals surface area contributed by atoms with Crippen LogP contribution in [0.2, 0.25) is 0 Å². The molecule has 7 heteroatoms. The number of carbonyl (C=O) groups is 1. The number of anilines is 1. The van der Waals surface area contributed by atoms with E-state index in [1.807, 2.05) is 61.2 Å². The van der Waals surface area contributed by atoms with Gasteiger partial charge in [-0.25, -0.2) is 4.79 Å². The summed E-state index contributed by atoms with van der Waals surface area (Å²) in [6.07, 6.45) is 0. The Morgan fingerprint density at radius 3 is 2.38 bits per heavy atom. The predicted octanol–water partition coefficient (Wildman–Crippen LogP) is 3.01. The molecule has 0 radical (unpaired) electrons. The van der Waals surface area contributed by atoms with Crippen LogP contribution in [0.3, 0.4) is 0 Å². The van der Waals surface area contributed by atoms with Crippen molar-refractivity contribution in [1.82, 2.24) is 14.0 Å². The van der Waals surface area contributed by atoms with E-state index in [0.717, 1.165) is 53.4 Å². The predicted molar refractivity (Wildman–Crippen MR) is 120 cm³/mol. The van der Waals surface area contributed by atoms with Gasteiger partial charge in [0.2, 0.25) is 5.91 Å². The molecule has 2 heterocycles. The molecule has 0 saturated carbocycles. The Balaban J connectivity index is 1.53. The van der Waals surface area contributed by atoms with Gasteiger partial charge in [-0.1, -0.05) is 30.3 Å². The largest absolute Gasteiger partial charge is 0.329 e. The Hall–Kier alpha value is -2.51. The first-order valence-corrected chi connectivity index (χ1v) is 11.2. The van der Waals surface area contributed by atoms with Crippen LogP contribution in [-0.4, -0.2) is 44.5 Å². The molecule has 6 nitrogen and oxygen atoms in total. The molecule has 4 rings (SSSR count). The fourth-order valence-corrected chi connectivity index (χ4v) is 4.82. The third-order valence-corrected chi connectivity index (χ3v) is 6.27. The quantitative estimate of drug-likeness (QED) is 0.679. The zero-order chi connectivity index (χ0) is 20.2. The van der Waals surface area contributed by atoms with E-state index in [1.165, 1.54) is 0 Å². The number of carbonyl (C=O) groups excluding carboxylic acids is 1. The van der Waals surface area contributed by atoms with Crippen molar-refractivity contribution in [3.05, 3.63) is 64.6 Å². The molecular formula is C22H26N4O2S. The molecule has 0 spiro atoms. The van der Waals surface area contributed by atoms with Crippen LogP contribution in [0.4, 0.5) is 5.69 Å². The number of para-hydroxylation sites is 3. The number of imidazole rings is 1. The molecule has 1 saturated heterocycles. The summed E-state index contributed by atoms with van der Waals surface area (Å²) in [6, 6.07) is 15.5. The molecule has 3 aromatic rings. The van der Waals surface area contributed by atoms with E-state index in [9.17, 15) is 9.59 Å². The van der Waals surface area contributed by atoms with Gasteiger partial charge in [0.15, 0.2) is 0 Å². The normalized spacial score (nSPS) is 14.9. The minimum atomic E-state index is -0.187. The van der Waals surface area contributed by atoms with Gasteiger partial charge in [0, 0.05) is 43.4 Å². The van der Waals surface area contributed by atoms with Gasteiger partial charge >= 0.3 is 5.69 Å². The number of aromatic nitrogens is 2. The van der Waals surface area contributed by atoms with Crippen LogP contribution in [0.25, 0.3) is 11.0 Å². The molecule has 1 aliphatic heterocycles. The Morgan fingerprint density at radius 2 is 1.66 bits per heavy atom. The van der Waals surface area contributed by atoms with E-state index in [1.54, 1.807) is 9.13 Å². The molecule has 1 amide bonds. The van der Waals surface area contributed by atoms with Gasteiger partial charge in [-0.15, -0.1) is 0 Å². The number of thioether (sulfide) groups is 1. The van der Waals surface area contributed by atoms with Gasteiger partial charge in [0.1, 0.15) is 6.54 Å². The van der Waals surface area contributed by atoms with Crippen LogP contribution < -0.4 is 11.0 Å². The van der Waals surface area contributed by atoms with Crippen molar-refractivity contribution >= 4 is 34.4 Å². The number of fused-ring (bicyclic) bond motifs is 1. The van der Waals surface area contributed by atoms with Crippen LogP contribution in [-0.2, 0) is 24.4 Å². The molecule has 0 atom stereocenters. The van der Waals surface area contributed by atoms with Crippen molar-refractivity contribution < 1.29 is 4.79 Å². The smallest absolute Gasteiger partial charge is 0.324 e. The summed E-state index contributed by atoms with van der Waals surface area (Å²) in [5.74, 6) is 2.12. The molecule has 0 bridgehead atoms. The maximum Gasteiger partial charge on any atom is 0.329 e. The van der Waals surface area contributed by atoms with E-state index in [4.69, 9.17) is 0 Å². The Bertz CT molecular complexity index is 1070. The summed E-state index contributed by atoms with van der Waals surface area (Å²) in [4.78, 5) is 28.0. The van der Waals surface area contributed by atoms with Crippen molar-refractivity contribution in [3.8, 4) is 0 Å². The molecule has 1 aromatic heterocycles. The maximum absolute atomic E-state index is 12.8.